The zero-order valence-electron chi connectivity index (χ0n) is 9.50. The highest BCUT2D eigenvalue weighted by molar-refractivity contribution is 5.71. The van der Waals surface area contributed by atoms with Crippen LogP contribution in [0.2, 0.25) is 0 Å². The van der Waals surface area contributed by atoms with E-state index in [0.29, 0.717) is 6.54 Å². The van der Waals surface area contributed by atoms with Gasteiger partial charge in [-0.05, 0) is 25.1 Å². The van der Waals surface area contributed by atoms with Crippen molar-refractivity contribution in [3.8, 4) is 5.69 Å². The molecule has 0 atom stereocenters. The van der Waals surface area contributed by atoms with E-state index in [1.807, 2.05) is 11.5 Å². The Balaban J connectivity index is 2.31. The van der Waals surface area contributed by atoms with Crippen LogP contribution in [0, 0.1) is 12.7 Å². The fourth-order valence-corrected chi connectivity index (χ4v) is 2.13. The average molecular weight is 229 g/mol. The highest BCUT2D eigenvalue weighted by atomic mass is 19.1. The first kappa shape index (κ1) is 10.1. The third-order valence-electron chi connectivity index (χ3n) is 3.09. The van der Waals surface area contributed by atoms with Gasteiger partial charge < -0.3 is 9.88 Å². The fourth-order valence-electron chi connectivity index (χ4n) is 2.13. The second-order valence-electron chi connectivity index (χ2n) is 4.14. The molecule has 0 aliphatic carbocycles. The summed E-state index contributed by atoms with van der Waals surface area (Å²) in [6, 6.07) is 4.71. The molecule has 17 heavy (non-hydrogen) atoms. The van der Waals surface area contributed by atoms with Crippen molar-refractivity contribution in [1.29, 1.82) is 0 Å². The van der Waals surface area contributed by atoms with Crippen molar-refractivity contribution in [2.75, 3.05) is 0 Å². The number of hydrogen-bond donors (Lipinski definition) is 1. The van der Waals surface area contributed by atoms with Gasteiger partial charge in [-0.25, -0.2) is 9.37 Å². The van der Waals surface area contributed by atoms with E-state index >= 15 is 0 Å². The van der Waals surface area contributed by atoms with Gasteiger partial charge in [-0.3, -0.25) is 0 Å². The lowest BCUT2D eigenvalue weighted by atomic mass is 10.1. The molecule has 3 rings (SSSR count). The standard InChI is InChI=1S/C13H12FN3/c1-8-11-5-10(14)3-4-12(11)17-7-16-9(2)13(17)6-15-8/h3-5,7,15H,1,6H2,2H3. The Kier molecular flexibility index (Phi) is 2.04. The topological polar surface area (TPSA) is 29.9 Å². The molecule has 1 aromatic carbocycles. The Bertz CT molecular complexity index is 613. The molecule has 4 heteroatoms. The predicted octanol–water partition coefficient (Wildman–Crippen LogP) is 2.39. The van der Waals surface area contributed by atoms with Crippen LogP contribution < -0.4 is 5.32 Å². The molecule has 2 heterocycles. The summed E-state index contributed by atoms with van der Waals surface area (Å²) in [6.45, 7) is 6.55. The molecule has 86 valence electrons. The van der Waals surface area contributed by atoms with Gasteiger partial charge in [0, 0.05) is 11.3 Å². The molecule has 1 aliphatic rings. The maximum atomic E-state index is 13.3. The number of nitrogens with zero attached hydrogens (tertiary/aromatic N) is 2. The summed E-state index contributed by atoms with van der Waals surface area (Å²) in [5, 5.41) is 3.19. The van der Waals surface area contributed by atoms with E-state index in [9.17, 15) is 4.39 Å². The molecule has 3 nitrogen and oxygen atoms in total. The first-order valence-corrected chi connectivity index (χ1v) is 5.42. The molecule has 0 saturated carbocycles. The zero-order valence-corrected chi connectivity index (χ0v) is 9.50. The predicted molar refractivity (Wildman–Crippen MR) is 64.1 cm³/mol. The number of nitrogens with one attached hydrogen (secondary N) is 1. The molecule has 0 radical (unpaired) electrons. The molecule has 2 aromatic rings. The molecule has 1 aliphatic heterocycles. The molecule has 0 saturated heterocycles. The summed E-state index contributed by atoms with van der Waals surface area (Å²) in [6.07, 6.45) is 1.77. The summed E-state index contributed by atoms with van der Waals surface area (Å²) < 4.78 is 15.3. The van der Waals surface area contributed by atoms with Crippen LogP contribution in [-0.4, -0.2) is 9.55 Å². The van der Waals surface area contributed by atoms with Crippen LogP contribution in [0.15, 0.2) is 31.1 Å². The second kappa shape index (κ2) is 3.45. The minimum absolute atomic E-state index is 0.257. The highest BCUT2D eigenvalue weighted by Gasteiger charge is 2.18. The SMILES string of the molecule is C=C1NCc2c(C)ncn2-c2ccc(F)cc21. The van der Waals surface area contributed by atoms with Gasteiger partial charge in [0.1, 0.15) is 5.82 Å². The van der Waals surface area contributed by atoms with E-state index in [0.717, 1.165) is 28.3 Å². The summed E-state index contributed by atoms with van der Waals surface area (Å²) in [4.78, 5) is 4.29. The van der Waals surface area contributed by atoms with E-state index < -0.39 is 0 Å². The summed E-state index contributed by atoms with van der Waals surface area (Å²) in [7, 11) is 0. The number of rotatable bonds is 0. The van der Waals surface area contributed by atoms with Crippen molar-refractivity contribution in [3.05, 3.63) is 53.9 Å². The molecule has 0 spiro atoms. The average Bonchev–Trinajstić information content (AvgIpc) is 2.61. The van der Waals surface area contributed by atoms with Crippen molar-refractivity contribution in [2.45, 2.75) is 13.5 Å². The van der Waals surface area contributed by atoms with Crippen molar-refractivity contribution in [2.24, 2.45) is 0 Å². The molecule has 0 bridgehead atoms. The Morgan fingerprint density at radius 2 is 2.29 bits per heavy atom. The lowest BCUT2D eigenvalue weighted by Gasteiger charge is -2.09. The van der Waals surface area contributed by atoms with Crippen molar-refractivity contribution >= 4 is 5.70 Å². The summed E-state index contributed by atoms with van der Waals surface area (Å²) >= 11 is 0. The molecule has 1 aromatic heterocycles. The Morgan fingerprint density at radius 3 is 3.12 bits per heavy atom. The van der Waals surface area contributed by atoms with Gasteiger partial charge >= 0.3 is 0 Å². The fraction of sp³-hybridized carbons (Fsp3) is 0.154. The maximum absolute atomic E-state index is 13.3. The van der Waals surface area contributed by atoms with Crippen LogP contribution >= 0.6 is 0 Å². The smallest absolute Gasteiger partial charge is 0.124 e. The van der Waals surface area contributed by atoms with E-state index in [2.05, 4.69) is 16.9 Å². The minimum atomic E-state index is -0.257. The Morgan fingerprint density at radius 1 is 1.47 bits per heavy atom. The van der Waals surface area contributed by atoms with Crippen LogP contribution in [0.5, 0.6) is 0 Å². The van der Waals surface area contributed by atoms with Crippen LogP contribution in [0.1, 0.15) is 17.0 Å². The van der Waals surface area contributed by atoms with E-state index in [4.69, 9.17) is 0 Å². The summed E-state index contributed by atoms with van der Waals surface area (Å²) in [5.41, 5.74) is 4.49. The van der Waals surface area contributed by atoms with Gasteiger partial charge in [0.15, 0.2) is 0 Å². The first-order chi connectivity index (χ1) is 8.16. The number of imidazole rings is 1. The van der Waals surface area contributed by atoms with Crippen molar-refractivity contribution < 1.29 is 4.39 Å². The van der Waals surface area contributed by atoms with Gasteiger partial charge in [-0.1, -0.05) is 6.58 Å². The number of benzene rings is 1. The quantitative estimate of drug-likeness (QED) is 0.751. The van der Waals surface area contributed by atoms with E-state index in [1.165, 1.54) is 12.1 Å². The van der Waals surface area contributed by atoms with Gasteiger partial charge in [-0.15, -0.1) is 0 Å². The maximum Gasteiger partial charge on any atom is 0.124 e. The van der Waals surface area contributed by atoms with Crippen molar-refractivity contribution in [3.63, 3.8) is 0 Å². The molecule has 0 amide bonds. The van der Waals surface area contributed by atoms with Crippen molar-refractivity contribution in [1.82, 2.24) is 14.9 Å². The number of halogens is 1. The van der Waals surface area contributed by atoms with Crippen LogP contribution in [0.25, 0.3) is 11.4 Å². The molecular weight excluding hydrogens is 217 g/mol. The van der Waals surface area contributed by atoms with E-state index in [-0.39, 0.29) is 5.82 Å². The van der Waals surface area contributed by atoms with Gasteiger partial charge in [-0.2, -0.15) is 0 Å². The second-order valence-corrected chi connectivity index (χ2v) is 4.14. The Labute approximate surface area is 98.6 Å². The molecule has 1 N–H and O–H groups in total. The highest BCUT2D eigenvalue weighted by Crippen LogP contribution is 2.27. The third kappa shape index (κ3) is 1.45. The largest absolute Gasteiger partial charge is 0.379 e. The number of fused-ring (bicyclic) bond motifs is 3. The zero-order chi connectivity index (χ0) is 12.0. The van der Waals surface area contributed by atoms with Crippen LogP contribution in [0.4, 0.5) is 4.39 Å². The Hall–Kier alpha value is -2.10. The third-order valence-corrected chi connectivity index (χ3v) is 3.09. The number of aromatic nitrogens is 2. The van der Waals surface area contributed by atoms with Crippen LogP contribution in [-0.2, 0) is 6.54 Å². The number of hydrogen-bond acceptors (Lipinski definition) is 2. The van der Waals surface area contributed by atoms with E-state index in [1.54, 1.807) is 12.4 Å². The molecule has 0 unspecified atom stereocenters. The molecule has 0 fully saturated rings. The van der Waals surface area contributed by atoms with Gasteiger partial charge in [0.25, 0.3) is 0 Å². The lowest BCUT2D eigenvalue weighted by Crippen LogP contribution is -2.10. The van der Waals surface area contributed by atoms with Crippen LogP contribution in [0.3, 0.4) is 0 Å². The number of aryl methyl sites for hydroxylation is 1. The normalized spacial score (nSPS) is 13.6. The van der Waals surface area contributed by atoms with Gasteiger partial charge in [0.2, 0.25) is 0 Å². The molecular formula is C13H12FN3. The minimum Gasteiger partial charge on any atom is -0.379 e. The first-order valence-electron chi connectivity index (χ1n) is 5.42. The van der Waals surface area contributed by atoms with Gasteiger partial charge in [0.05, 0.1) is 29.9 Å². The lowest BCUT2D eigenvalue weighted by molar-refractivity contribution is 0.627. The monoisotopic (exact) mass is 229 g/mol. The summed E-state index contributed by atoms with van der Waals surface area (Å²) in [5.74, 6) is -0.257.